The van der Waals surface area contributed by atoms with Gasteiger partial charge in [-0.2, -0.15) is 0 Å². The second kappa shape index (κ2) is 6.98. The molecule has 25 heavy (non-hydrogen) atoms. The highest BCUT2D eigenvalue weighted by atomic mass is 32.2. The molecular weight excluding hydrogens is 336 g/mol. The van der Waals surface area contributed by atoms with E-state index in [2.05, 4.69) is 10.0 Å². The van der Waals surface area contributed by atoms with Crippen molar-refractivity contribution in [1.82, 2.24) is 4.72 Å². The molecule has 1 aliphatic rings. The molecular formula is C19H22N2O3S. The first-order valence-electron chi connectivity index (χ1n) is 8.32. The lowest BCUT2D eigenvalue weighted by atomic mass is 10.0. The van der Waals surface area contributed by atoms with Gasteiger partial charge in [-0.05, 0) is 55.5 Å². The molecule has 0 aromatic heterocycles. The van der Waals surface area contributed by atoms with E-state index in [9.17, 15) is 13.2 Å². The minimum absolute atomic E-state index is 0.193. The molecule has 132 valence electrons. The minimum atomic E-state index is -3.63. The number of hydrogen-bond acceptors (Lipinski definition) is 3. The molecule has 0 unspecified atom stereocenters. The van der Waals surface area contributed by atoms with E-state index < -0.39 is 10.0 Å². The van der Waals surface area contributed by atoms with E-state index in [0.717, 1.165) is 24.0 Å². The third-order valence-corrected chi connectivity index (χ3v) is 5.75. The summed E-state index contributed by atoms with van der Waals surface area (Å²) in [6.45, 7) is 3.42. The van der Waals surface area contributed by atoms with Crippen LogP contribution in [0, 0.1) is 12.8 Å². The van der Waals surface area contributed by atoms with Gasteiger partial charge in [0.05, 0.1) is 4.90 Å². The second-order valence-electron chi connectivity index (χ2n) is 6.55. The van der Waals surface area contributed by atoms with Gasteiger partial charge in [0, 0.05) is 18.7 Å². The van der Waals surface area contributed by atoms with E-state index in [1.807, 2.05) is 31.2 Å². The van der Waals surface area contributed by atoms with Crippen molar-refractivity contribution in [3.8, 4) is 0 Å². The predicted molar refractivity (Wildman–Crippen MR) is 97.7 cm³/mol. The number of amides is 1. The number of aryl methyl sites for hydroxylation is 1. The number of anilines is 1. The fraction of sp³-hybridized carbons (Fsp3) is 0.316. The van der Waals surface area contributed by atoms with Crippen LogP contribution < -0.4 is 10.0 Å². The molecule has 0 bridgehead atoms. The highest BCUT2D eigenvalue weighted by molar-refractivity contribution is 7.89. The Bertz CT molecular complexity index is 855. The third-order valence-electron chi connectivity index (χ3n) is 4.30. The van der Waals surface area contributed by atoms with Crippen molar-refractivity contribution in [2.75, 3.05) is 5.32 Å². The molecule has 3 rings (SSSR count). The Morgan fingerprint density at radius 1 is 1.04 bits per heavy atom. The number of rotatable bonds is 6. The van der Waals surface area contributed by atoms with E-state index in [1.54, 1.807) is 12.1 Å². The smallest absolute Gasteiger partial charge is 0.241 e. The maximum Gasteiger partial charge on any atom is 0.241 e. The first kappa shape index (κ1) is 17.6. The second-order valence-corrected chi connectivity index (χ2v) is 8.27. The number of nitrogens with one attached hydrogen (secondary N) is 2. The molecule has 2 aromatic rings. The van der Waals surface area contributed by atoms with E-state index >= 15 is 0 Å². The van der Waals surface area contributed by atoms with Crippen molar-refractivity contribution < 1.29 is 13.2 Å². The summed E-state index contributed by atoms with van der Waals surface area (Å²) < 4.78 is 28.4. The number of sulfonamides is 1. The van der Waals surface area contributed by atoms with Gasteiger partial charge in [-0.3, -0.25) is 4.79 Å². The summed E-state index contributed by atoms with van der Waals surface area (Å²) in [6.07, 6.45) is 2.06. The Labute approximate surface area is 148 Å². The molecule has 0 heterocycles. The molecule has 1 amide bonds. The fourth-order valence-corrected chi connectivity index (χ4v) is 4.09. The topological polar surface area (TPSA) is 75.3 Å². The van der Waals surface area contributed by atoms with Crippen LogP contribution in [-0.2, 0) is 14.8 Å². The molecule has 0 radical (unpaired) electrons. The van der Waals surface area contributed by atoms with Gasteiger partial charge in [0.2, 0.25) is 15.9 Å². The van der Waals surface area contributed by atoms with Crippen LogP contribution in [0.5, 0.6) is 0 Å². The number of carbonyl (C=O) groups excluding carboxylic acids is 1. The van der Waals surface area contributed by atoms with Gasteiger partial charge in [-0.25, -0.2) is 13.1 Å². The van der Waals surface area contributed by atoms with Crippen molar-refractivity contribution in [2.45, 2.75) is 37.6 Å². The summed E-state index contributed by atoms with van der Waals surface area (Å²) in [7, 11) is -3.63. The Balaban J connectivity index is 1.81. The largest absolute Gasteiger partial charge is 0.326 e. The lowest BCUT2D eigenvalue weighted by Gasteiger charge is -2.19. The molecule has 1 saturated carbocycles. The molecule has 5 nitrogen and oxygen atoms in total. The highest BCUT2D eigenvalue weighted by Gasteiger charge is 2.35. The van der Waals surface area contributed by atoms with Gasteiger partial charge in [0.1, 0.15) is 0 Å². The summed E-state index contributed by atoms with van der Waals surface area (Å²) in [5, 5.41) is 2.63. The Morgan fingerprint density at radius 3 is 2.16 bits per heavy atom. The fourth-order valence-electron chi connectivity index (χ4n) is 2.80. The third kappa shape index (κ3) is 4.46. The minimum Gasteiger partial charge on any atom is -0.326 e. The van der Waals surface area contributed by atoms with Crippen LogP contribution in [0.1, 0.15) is 36.9 Å². The molecule has 0 aliphatic heterocycles. The molecule has 1 fully saturated rings. The maximum atomic E-state index is 12.8. The number of benzene rings is 2. The summed E-state index contributed by atoms with van der Waals surface area (Å²) >= 11 is 0. The van der Waals surface area contributed by atoms with E-state index in [-0.39, 0.29) is 16.8 Å². The molecule has 0 saturated heterocycles. The maximum absolute atomic E-state index is 12.8. The predicted octanol–water partition coefficient (Wildman–Crippen LogP) is 3.38. The van der Waals surface area contributed by atoms with Gasteiger partial charge in [-0.1, -0.05) is 29.8 Å². The van der Waals surface area contributed by atoms with E-state index in [4.69, 9.17) is 0 Å². The summed E-state index contributed by atoms with van der Waals surface area (Å²) in [4.78, 5) is 11.3. The Kier molecular flexibility index (Phi) is 4.92. The first-order chi connectivity index (χ1) is 11.8. The summed E-state index contributed by atoms with van der Waals surface area (Å²) in [5.74, 6) is 0.151. The highest BCUT2D eigenvalue weighted by Crippen LogP contribution is 2.41. The average molecular weight is 358 g/mol. The molecule has 2 N–H and O–H groups in total. The number of carbonyl (C=O) groups is 1. The van der Waals surface area contributed by atoms with E-state index in [1.165, 1.54) is 19.1 Å². The zero-order chi connectivity index (χ0) is 18.0. The molecule has 1 atom stereocenters. The van der Waals surface area contributed by atoms with Gasteiger partial charge in [0.25, 0.3) is 0 Å². The Morgan fingerprint density at radius 2 is 1.64 bits per heavy atom. The average Bonchev–Trinajstić information content (AvgIpc) is 3.38. The van der Waals surface area contributed by atoms with Crippen LogP contribution in [0.15, 0.2) is 53.4 Å². The molecule has 6 heteroatoms. The van der Waals surface area contributed by atoms with Gasteiger partial charge in [0.15, 0.2) is 0 Å². The van der Waals surface area contributed by atoms with Crippen molar-refractivity contribution >= 4 is 21.6 Å². The standard InChI is InChI=1S/C19H22N2O3S/c1-13-3-5-15(6-4-13)19(16-7-8-16)21-25(23,24)18-11-9-17(10-12-18)20-14(2)22/h3-6,9-12,16,19,21H,7-8H2,1-2H3,(H,20,22)/t19-/m1/s1. The van der Waals surface area contributed by atoms with E-state index in [0.29, 0.717) is 11.6 Å². The zero-order valence-corrected chi connectivity index (χ0v) is 15.1. The van der Waals surface area contributed by atoms with Crippen LogP contribution in [0.2, 0.25) is 0 Å². The molecule has 1 aliphatic carbocycles. The zero-order valence-electron chi connectivity index (χ0n) is 14.3. The van der Waals surface area contributed by atoms with Crippen molar-refractivity contribution in [3.05, 3.63) is 59.7 Å². The van der Waals surface area contributed by atoms with Crippen LogP contribution >= 0.6 is 0 Å². The number of hydrogen-bond donors (Lipinski definition) is 2. The van der Waals surface area contributed by atoms with Crippen LogP contribution in [0.25, 0.3) is 0 Å². The summed E-state index contributed by atoms with van der Waals surface area (Å²) in [5.41, 5.74) is 2.71. The van der Waals surface area contributed by atoms with Crippen molar-refractivity contribution in [3.63, 3.8) is 0 Å². The van der Waals surface area contributed by atoms with Crippen LogP contribution in [0.4, 0.5) is 5.69 Å². The molecule has 2 aromatic carbocycles. The van der Waals surface area contributed by atoms with Gasteiger partial charge in [-0.15, -0.1) is 0 Å². The SMILES string of the molecule is CC(=O)Nc1ccc(S(=O)(=O)N[C@H](c2ccc(C)cc2)C2CC2)cc1. The Hall–Kier alpha value is -2.18. The van der Waals surface area contributed by atoms with Gasteiger partial charge >= 0.3 is 0 Å². The van der Waals surface area contributed by atoms with Crippen molar-refractivity contribution in [2.24, 2.45) is 5.92 Å². The van der Waals surface area contributed by atoms with Gasteiger partial charge < -0.3 is 5.32 Å². The summed E-state index contributed by atoms with van der Waals surface area (Å²) in [6, 6.07) is 14.0. The lowest BCUT2D eigenvalue weighted by Crippen LogP contribution is -2.30. The lowest BCUT2D eigenvalue weighted by molar-refractivity contribution is -0.114. The molecule has 0 spiro atoms. The first-order valence-corrected chi connectivity index (χ1v) is 9.80. The monoisotopic (exact) mass is 358 g/mol. The normalized spacial score (nSPS) is 15.6. The van der Waals surface area contributed by atoms with Crippen molar-refractivity contribution in [1.29, 1.82) is 0 Å². The quantitative estimate of drug-likeness (QED) is 0.831. The van der Waals surface area contributed by atoms with Crippen LogP contribution in [0.3, 0.4) is 0 Å². The van der Waals surface area contributed by atoms with Crippen LogP contribution in [-0.4, -0.2) is 14.3 Å².